The lowest BCUT2D eigenvalue weighted by Gasteiger charge is -2.13. The van der Waals surface area contributed by atoms with E-state index in [2.05, 4.69) is 5.32 Å². The summed E-state index contributed by atoms with van der Waals surface area (Å²) < 4.78 is 5.18. The van der Waals surface area contributed by atoms with Crippen molar-refractivity contribution in [3.63, 3.8) is 0 Å². The first-order chi connectivity index (χ1) is 8.29. The predicted molar refractivity (Wildman–Crippen MR) is 69.5 cm³/mol. The minimum atomic E-state index is 0.0320. The molecule has 1 N–H and O–H groups in total. The van der Waals surface area contributed by atoms with Crippen LogP contribution in [0.25, 0.3) is 0 Å². The van der Waals surface area contributed by atoms with E-state index in [0.29, 0.717) is 0 Å². The lowest BCUT2D eigenvalue weighted by atomic mass is 10.2. The fourth-order valence-corrected chi connectivity index (χ4v) is 3.01. The van der Waals surface area contributed by atoms with Crippen molar-refractivity contribution in [3.8, 4) is 5.75 Å². The molecule has 1 atom stereocenters. The molecule has 0 unspecified atom stereocenters. The zero-order valence-corrected chi connectivity index (χ0v) is 10.8. The molecule has 1 amide bonds. The number of benzene rings is 1. The van der Waals surface area contributed by atoms with Crippen molar-refractivity contribution in [3.05, 3.63) is 24.3 Å². The Morgan fingerprint density at radius 1 is 1.41 bits per heavy atom. The van der Waals surface area contributed by atoms with E-state index in [1.807, 2.05) is 24.3 Å². The second kappa shape index (κ2) is 5.96. The monoisotopic (exact) mass is 251 g/mol. The van der Waals surface area contributed by atoms with Crippen LogP contribution < -0.4 is 10.1 Å². The molecule has 0 radical (unpaired) electrons. The van der Waals surface area contributed by atoms with Crippen molar-refractivity contribution in [2.45, 2.75) is 29.4 Å². The zero-order valence-electron chi connectivity index (χ0n) is 9.94. The van der Waals surface area contributed by atoms with Crippen molar-refractivity contribution in [1.29, 1.82) is 0 Å². The van der Waals surface area contributed by atoms with Crippen molar-refractivity contribution in [2.24, 2.45) is 0 Å². The summed E-state index contributed by atoms with van der Waals surface area (Å²) in [7, 11) is 1.65. The molecule has 0 aliphatic carbocycles. The van der Waals surface area contributed by atoms with Crippen LogP contribution in [0.1, 0.15) is 19.3 Å². The lowest BCUT2D eigenvalue weighted by Crippen LogP contribution is -2.30. The Balaban J connectivity index is 2.05. The maximum atomic E-state index is 11.8. The standard InChI is InChI=1S/C13H17NO2S/c1-16-10-5-4-6-11(9-10)17-12-7-2-3-8-14-13(12)15/h4-6,9,12H,2-3,7-8H2,1H3,(H,14,15)/t12-/m1/s1. The Labute approximate surface area is 106 Å². The van der Waals surface area contributed by atoms with Crippen LogP contribution in [0.2, 0.25) is 0 Å². The molecule has 1 heterocycles. The van der Waals surface area contributed by atoms with Crippen LogP contribution in [0.15, 0.2) is 29.2 Å². The molecule has 0 aromatic heterocycles. The van der Waals surface area contributed by atoms with E-state index < -0.39 is 0 Å². The van der Waals surface area contributed by atoms with Gasteiger partial charge in [-0.15, -0.1) is 11.8 Å². The average molecular weight is 251 g/mol. The fourth-order valence-electron chi connectivity index (χ4n) is 1.86. The molecule has 0 spiro atoms. The fraction of sp³-hybridized carbons (Fsp3) is 0.462. The first-order valence-electron chi connectivity index (χ1n) is 5.88. The summed E-state index contributed by atoms with van der Waals surface area (Å²) in [6.07, 6.45) is 3.15. The van der Waals surface area contributed by atoms with Crippen molar-refractivity contribution >= 4 is 17.7 Å². The van der Waals surface area contributed by atoms with E-state index in [9.17, 15) is 4.79 Å². The van der Waals surface area contributed by atoms with Gasteiger partial charge in [-0.3, -0.25) is 4.79 Å². The molecule has 1 saturated heterocycles. The van der Waals surface area contributed by atoms with Crippen LogP contribution in [0.4, 0.5) is 0 Å². The number of methoxy groups -OCH3 is 1. The van der Waals surface area contributed by atoms with Crippen LogP contribution >= 0.6 is 11.8 Å². The molecule has 1 fully saturated rings. The van der Waals surface area contributed by atoms with Gasteiger partial charge in [0.05, 0.1) is 12.4 Å². The van der Waals surface area contributed by atoms with E-state index in [0.717, 1.165) is 36.5 Å². The Morgan fingerprint density at radius 2 is 2.29 bits per heavy atom. The minimum absolute atomic E-state index is 0.0320. The van der Waals surface area contributed by atoms with Crippen LogP contribution in [0.5, 0.6) is 5.75 Å². The van der Waals surface area contributed by atoms with Crippen molar-refractivity contribution < 1.29 is 9.53 Å². The first kappa shape index (κ1) is 12.3. The molecule has 3 nitrogen and oxygen atoms in total. The summed E-state index contributed by atoms with van der Waals surface area (Å²) in [5.74, 6) is 0.999. The van der Waals surface area contributed by atoms with Gasteiger partial charge in [-0.05, 0) is 31.0 Å². The summed E-state index contributed by atoms with van der Waals surface area (Å²) in [6, 6.07) is 7.86. The quantitative estimate of drug-likeness (QED) is 0.896. The van der Waals surface area contributed by atoms with Gasteiger partial charge in [0.2, 0.25) is 5.91 Å². The highest BCUT2D eigenvalue weighted by atomic mass is 32.2. The van der Waals surface area contributed by atoms with Gasteiger partial charge < -0.3 is 10.1 Å². The molecule has 1 aromatic carbocycles. The number of hydrogen-bond acceptors (Lipinski definition) is 3. The highest BCUT2D eigenvalue weighted by Gasteiger charge is 2.21. The molecule has 17 heavy (non-hydrogen) atoms. The molecule has 4 heteroatoms. The number of ether oxygens (including phenoxy) is 1. The van der Waals surface area contributed by atoms with Crippen molar-refractivity contribution in [1.82, 2.24) is 5.32 Å². The molecule has 92 valence electrons. The largest absolute Gasteiger partial charge is 0.497 e. The molecule has 1 aliphatic rings. The Morgan fingerprint density at radius 3 is 3.12 bits per heavy atom. The minimum Gasteiger partial charge on any atom is -0.497 e. The Hall–Kier alpha value is -1.16. The molecule has 1 aliphatic heterocycles. The maximum absolute atomic E-state index is 11.8. The molecule has 0 saturated carbocycles. The summed E-state index contributed by atoms with van der Waals surface area (Å²) >= 11 is 1.62. The lowest BCUT2D eigenvalue weighted by molar-refractivity contribution is -0.120. The molecule has 1 aromatic rings. The smallest absolute Gasteiger partial charge is 0.233 e. The number of rotatable bonds is 3. The summed E-state index contributed by atoms with van der Waals surface area (Å²) in [6.45, 7) is 0.813. The van der Waals surface area contributed by atoms with Gasteiger partial charge in [0.1, 0.15) is 5.75 Å². The predicted octanol–water partition coefficient (Wildman–Crippen LogP) is 2.46. The van der Waals surface area contributed by atoms with Crippen LogP contribution in [-0.2, 0) is 4.79 Å². The normalized spacial score (nSPS) is 20.5. The molecule has 0 bridgehead atoms. The highest BCUT2D eigenvalue weighted by Crippen LogP contribution is 2.30. The number of carbonyl (C=O) groups is 1. The number of thioether (sulfide) groups is 1. The first-order valence-corrected chi connectivity index (χ1v) is 6.76. The highest BCUT2D eigenvalue weighted by molar-refractivity contribution is 8.00. The van der Waals surface area contributed by atoms with E-state index in [1.54, 1.807) is 18.9 Å². The Bertz CT molecular complexity index is 395. The molecular weight excluding hydrogens is 234 g/mol. The van der Waals surface area contributed by atoms with E-state index in [1.165, 1.54) is 0 Å². The number of amides is 1. The third-order valence-electron chi connectivity index (χ3n) is 2.80. The third kappa shape index (κ3) is 3.40. The number of hydrogen-bond donors (Lipinski definition) is 1. The van der Waals surface area contributed by atoms with Gasteiger partial charge in [0.25, 0.3) is 0 Å². The van der Waals surface area contributed by atoms with Gasteiger partial charge in [-0.1, -0.05) is 12.5 Å². The van der Waals surface area contributed by atoms with E-state index in [4.69, 9.17) is 4.74 Å². The Kier molecular flexibility index (Phi) is 4.31. The second-order valence-electron chi connectivity index (χ2n) is 4.07. The molecule has 2 rings (SSSR count). The van der Waals surface area contributed by atoms with Crippen LogP contribution in [0.3, 0.4) is 0 Å². The van der Waals surface area contributed by atoms with Gasteiger partial charge in [0.15, 0.2) is 0 Å². The number of nitrogens with one attached hydrogen (secondary N) is 1. The summed E-state index contributed by atoms with van der Waals surface area (Å²) in [5.41, 5.74) is 0. The van der Waals surface area contributed by atoms with E-state index in [-0.39, 0.29) is 11.2 Å². The van der Waals surface area contributed by atoms with Crippen LogP contribution in [0, 0.1) is 0 Å². The number of carbonyl (C=O) groups excluding carboxylic acids is 1. The maximum Gasteiger partial charge on any atom is 0.233 e. The summed E-state index contributed by atoms with van der Waals surface area (Å²) in [5, 5.41) is 2.98. The van der Waals surface area contributed by atoms with Gasteiger partial charge >= 0.3 is 0 Å². The third-order valence-corrected chi connectivity index (χ3v) is 4.06. The average Bonchev–Trinajstić information content (AvgIpc) is 2.55. The SMILES string of the molecule is COc1cccc(S[C@@H]2CCCCNC2=O)c1. The van der Waals surface area contributed by atoms with E-state index >= 15 is 0 Å². The van der Waals surface area contributed by atoms with Gasteiger partial charge in [-0.2, -0.15) is 0 Å². The van der Waals surface area contributed by atoms with Gasteiger partial charge in [-0.25, -0.2) is 0 Å². The summed E-state index contributed by atoms with van der Waals surface area (Å²) in [4.78, 5) is 12.9. The van der Waals surface area contributed by atoms with Crippen molar-refractivity contribution in [2.75, 3.05) is 13.7 Å². The topological polar surface area (TPSA) is 38.3 Å². The molecular formula is C13H17NO2S. The zero-order chi connectivity index (χ0) is 12.1. The van der Waals surface area contributed by atoms with Crippen LogP contribution in [-0.4, -0.2) is 24.8 Å². The second-order valence-corrected chi connectivity index (χ2v) is 5.35. The van der Waals surface area contributed by atoms with Gasteiger partial charge in [0, 0.05) is 11.4 Å².